The largest absolute Gasteiger partial charge is 0.496 e. The van der Waals surface area contributed by atoms with Gasteiger partial charge < -0.3 is 29.4 Å². The Bertz CT molecular complexity index is 1220. The minimum Gasteiger partial charge on any atom is -0.496 e. The minimum atomic E-state index is -0.469. The van der Waals surface area contributed by atoms with Crippen LogP contribution in [0.3, 0.4) is 0 Å². The van der Waals surface area contributed by atoms with Gasteiger partial charge in [-0.2, -0.15) is 0 Å². The smallest absolute Gasteiger partial charge is 0.494 e. The second-order valence-corrected chi connectivity index (χ2v) is 11.7. The van der Waals surface area contributed by atoms with Crippen LogP contribution in [-0.4, -0.2) is 56.4 Å². The van der Waals surface area contributed by atoms with Crippen molar-refractivity contribution in [2.24, 2.45) is 0 Å². The van der Waals surface area contributed by atoms with E-state index < -0.39 is 18.3 Å². The molecule has 0 spiro atoms. The number of methoxy groups -OCH3 is 2. The van der Waals surface area contributed by atoms with Crippen LogP contribution in [0.2, 0.25) is 0 Å². The van der Waals surface area contributed by atoms with E-state index in [1.807, 2.05) is 71.9 Å². The number of ether oxygens (including phenoxy) is 2. The van der Waals surface area contributed by atoms with E-state index in [1.165, 1.54) is 0 Å². The van der Waals surface area contributed by atoms with E-state index >= 15 is 0 Å². The monoisotopic (exact) mass is 536 g/mol. The maximum Gasteiger partial charge on any atom is 0.494 e. The van der Waals surface area contributed by atoms with Crippen molar-refractivity contribution in [3.63, 3.8) is 0 Å². The summed E-state index contributed by atoms with van der Waals surface area (Å²) in [7, 11) is 2.70. The Balaban J connectivity index is 0.000000202. The van der Waals surface area contributed by atoms with Gasteiger partial charge in [-0.1, -0.05) is 18.2 Å². The zero-order valence-corrected chi connectivity index (χ0v) is 24.4. The molecule has 1 aliphatic heterocycles. The van der Waals surface area contributed by atoms with Crippen molar-refractivity contribution in [1.82, 2.24) is 10.6 Å². The first-order valence-electron chi connectivity index (χ1n) is 13.7. The lowest BCUT2D eigenvalue weighted by Crippen LogP contribution is -2.41. The Hall–Kier alpha value is -3.04. The second-order valence-electron chi connectivity index (χ2n) is 11.7. The molecule has 2 aromatic rings. The molecule has 0 bridgehead atoms. The summed E-state index contributed by atoms with van der Waals surface area (Å²) in [5, 5.41) is 5.99. The van der Waals surface area contributed by atoms with Crippen LogP contribution in [0.5, 0.6) is 11.5 Å². The van der Waals surface area contributed by atoms with E-state index in [2.05, 4.69) is 10.6 Å². The molecule has 1 saturated heterocycles. The molecule has 2 saturated carbocycles. The molecule has 0 aromatic heterocycles. The third-order valence-corrected chi connectivity index (χ3v) is 7.80. The first-order chi connectivity index (χ1) is 18.4. The Morgan fingerprint density at radius 3 is 1.74 bits per heavy atom. The summed E-state index contributed by atoms with van der Waals surface area (Å²) in [6.45, 7) is 11.9. The van der Waals surface area contributed by atoms with Gasteiger partial charge in [-0.15, -0.1) is 0 Å². The number of hydrogen-bond acceptors (Lipinski definition) is 6. The van der Waals surface area contributed by atoms with E-state index in [-0.39, 0.29) is 11.8 Å². The van der Waals surface area contributed by atoms with E-state index in [0.717, 1.165) is 42.3 Å². The molecule has 0 unspecified atom stereocenters. The van der Waals surface area contributed by atoms with Crippen LogP contribution in [-0.2, 0) is 9.31 Å². The highest BCUT2D eigenvalue weighted by Crippen LogP contribution is 2.37. The van der Waals surface area contributed by atoms with Crippen LogP contribution >= 0.6 is 0 Å². The topological polar surface area (TPSA) is 95.1 Å². The molecule has 2 N–H and O–H groups in total. The van der Waals surface area contributed by atoms with Crippen molar-refractivity contribution in [2.75, 3.05) is 14.2 Å². The predicted molar refractivity (Wildman–Crippen MR) is 152 cm³/mol. The van der Waals surface area contributed by atoms with Crippen LogP contribution in [0.4, 0.5) is 0 Å². The maximum absolute atomic E-state index is 12.5. The van der Waals surface area contributed by atoms with Crippen molar-refractivity contribution in [3.05, 3.63) is 52.6 Å². The van der Waals surface area contributed by atoms with E-state index in [9.17, 15) is 9.59 Å². The Morgan fingerprint density at radius 1 is 0.795 bits per heavy atom. The third kappa shape index (κ3) is 6.58. The molecule has 2 amide bonds. The van der Waals surface area contributed by atoms with Gasteiger partial charge in [0.05, 0.1) is 36.5 Å². The number of carbonyl (C=O) groups excluding carboxylic acids is 2. The lowest BCUT2D eigenvalue weighted by atomic mass is 9.77. The number of benzene rings is 2. The molecule has 2 aliphatic carbocycles. The first-order valence-corrected chi connectivity index (χ1v) is 13.7. The van der Waals surface area contributed by atoms with E-state index in [1.54, 1.807) is 14.2 Å². The molecule has 0 atom stereocenters. The minimum absolute atomic E-state index is 0.0209. The fourth-order valence-corrected chi connectivity index (χ4v) is 4.42. The van der Waals surface area contributed by atoms with Gasteiger partial charge in [-0.3, -0.25) is 9.59 Å². The summed E-state index contributed by atoms with van der Waals surface area (Å²) in [4.78, 5) is 24.4. The van der Waals surface area contributed by atoms with Gasteiger partial charge in [-0.05, 0) is 95.9 Å². The second kappa shape index (κ2) is 11.2. The van der Waals surface area contributed by atoms with Gasteiger partial charge in [0.15, 0.2) is 0 Å². The highest BCUT2D eigenvalue weighted by Gasteiger charge is 2.52. The zero-order chi connectivity index (χ0) is 28.5. The summed E-state index contributed by atoms with van der Waals surface area (Å²) >= 11 is 0. The fraction of sp³-hybridized carbons (Fsp3) is 0.533. The quantitative estimate of drug-likeness (QED) is 0.518. The van der Waals surface area contributed by atoms with Gasteiger partial charge >= 0.3 is 7.12 Å². The maximum atomic E-state index is 12.5. The number of aryl methyl sites for hydroxylation is 2. The molecule has 210 valence electrons. The van der Waals surface area contributed by atoms with Gasteiger partial charge in [0.1, 0.15) is 11.5 Å². The highest BCUT2D eigenvalue weighted by atomic mass is 16.7. The van der Waals surface area contributed by atoms with Gasteiger partial charge in [0, 0.05) is 12.1 Å². The van der Waals surface area contributed by atoms with Crippen LogP contribution in [0, 0.1) is 13.8 Å². The highest BCUT2D eigenvalue weighted by molar-refractivity contribution is 6.62. The van der Waals surface area contributed by atoms with Crippen molar-refractivity contribution in [3.8, 4) is 11.5 Å². The lowest BCUT2D eigenvalue weighted by Gasteiger charge is -2.32. The summed E-state index contributed by atoms with van der Waals surface area (Å²) < 4.78 is 22.9. The molecule has 3 fully saturated rings. The lowest BCUT2D eigenvalue weighted by molar-refractivity contribution is 0.00578. The molecule has 8 nitrogen and oxygen atoms in total. The molecule has 39 heavy (non-hydrogen) atoms. The number of carbonyl (C=O) groups is 2. The molecule has 1 heterocycles. The molecule has 3 aliphatic rings. The fourth-order valence-electron chi connectivity index (χ4n) is 4.42. The Labute approximate surface area is 232 Å². The van der Waals surface area contributed by atoms with Crippen LogP contribution in [0.1, 0.15) is 85.2 Å². The van der Waals surface area contributed by atoms with Gasteiger partial charge in [-0.25, -0.2) is 0 Å². The summed E-state index contributed by atoms with van der Waals surface area (Å²) in [5.74, 6) is 1.10. The molecule has 9 heteroatoms. The van der Waals surface area contributed by atoms with Crippen LogP contribution < -0.4 is 25.6 Å². The number of amides is 2. The van der Waals surface area contributed by atoms with Crippen LogP contribution in [0.25, 0.3) is 0 Å². The number of nitrogens with one attached hydrogen (secondary N) is 2. The normalized spacial score (nSPS) is 19.0. The van der Waals surface area contributed by atoms with E-state index in [0.29, 0.717) is 34.7 Å². The van der Waals surface area contributed by atoms with Crippen molar-refractivity contribution in [1.29, 1.82) is 0 Å². The van der Waals surface area contributed by atoms with Crippen molar-refractivity contribution >= 4 is 24.4 Å². The SMILES string of the molecule is COc1cc(B2OC(C)(C)C(C)(C)O2)cc(C)c1C(=O)NC1CC1.COc1cccc(C)c1C(=O)NC1CC1. The van der Waals surface area contributed by atoms with Gasteiger partial charge in [0.25, 0.3) is 11.8 Å². The van der Waals surface area contributed by atoms with Crippen molar-refractivity contribution in [2.45, 2.75) is 90.5 Å². The van der Waals surface area contributed by atoms with Gasteiger partial charge in [0.2, 0.25) is 0 Å². The van der Waals surface area contributed by atoms with Crippen LogP contribution in [0.15, 0.2) is 30.3 Å². The summed E-state index contributed by atoms with van der Waals surface area (Å²) in [6, 6.07) is 10.1. The molecular weight excluding hydrogens is 495 g/mol. The summed E-state index contributed by atoms with van der Waals surface area (Å²) in [6.07, 6.45) is 4.30. The Kier molecular flexibility index (Phi) is 8.33. The average Bonchev–Trinajstić information content (AvgIpc) is 3.80. The zero-order valence-electron chi connectivity index (χ0n) is 24.4. The predicted octanol–water partition coefficient (Wildman–Crippen LogP) is 4.09. The number of rotatable bonds is 7. The standard InChI is InChI=1S/C18H26BNO4.C12H15NO2/c1-11-9-12(19-23-17(2,3)18(4,5)24-19)10-14(22-6)15(11)16(21)20-13-7-8-13;1-8-4-3-5-10(15-2)11(8)12(14)13-9-6-7-9/h9-10,13H,7-8H2,1-6H3,(H,20,21);3-5,9H,6-7H2,1-2H3,(H,13,14). The first kappa shape index (κ1) is 29.0. The van der Waals surface area contributed by atoms with Crippen molar-refractivity contribution < 1.29 is 28.4 Å². The third-order valence-electron chi connectivity index (χ3n) is 7.80. The Morgan fingerprint density at radius 2 is 1.28 bits per heavy atom. The molecular formula is C30H41BN2O6. The number of hydrogen-bond donors (Lipinski definition) is 2. The molecule has 2 aromatic carbocycles. The molecule has 0 radical (unpaired) electrons. The average molecular weight is 536 g/mol. The molecule has 5 rings (SSSR count). The van der Waals surface area contributed by atoms with E-state index in [4.69, 9.17) is 18.8 Å². The summed E-state index contributed by atoms with van der Waals surface area (Å²) in [5.41, 5.74) is 3.12.